The Bertz CT molecular complexity index is 1020. The van der Waals surface area contributed by atoms with E-state index in [-0.39, 0.29) is 17.7 Å². The number of ketones is 1. The van der Waals surface area contributed by atoms with E-state index < -0.39 is 0 Å². The summed E-state index contributed by atoms with van der Waals surface area (Å²) in [6, 6.07) is 9.46. The highest BCUT2D eigenvalue weighted by Gasteiger charge is 2.31. The maximum absolute atomic E-state index is 13.0. The number of hydrogen-bond acceptors (Lipinski definition) is 8. The van der Waals surface area contributed by atoms with E-state index >= 15 is 0 Å². The van der Waals surface area contributed by atoms with E-state index in [0.29, 0.717) is 42.1 Å². The number of thiophene rings is 1. The summed E-state index contributed by atoms with van der Waals surface area (Å²) in [5, 5.41) is 10.4. The molecule has 1 atom stereocenters. The molecule has 2 aliphatic rings. The number of carbonyl (C=O) groups excluding carboxylic acids is 1. The summed E-state index contributed by atoms with van der Waals surface area (Å²) in [6.07, 6.45) is 1.62. The Morgan fingerprint density at radius 3 is 2.70 bits per heavy atom. The number of carbonyl (C=O) groups is 1. The molecule has 2 aliphatic heterocycles. The smallest absolute Gasteiger partial charge is 0.257 e. The highest BCUT2D eigenvalue weighted by molar-refractivity contribution is 7.13. The van der Waals surface area contributed by atoms with Crippen molar-refractivity contribution in [1.82, 2.24) is 15.1 Å². The van der Waals surface area contributed by atoms with Crippen LogP contribution in [0.25, 0.3) is 10.8 Å². The van der Waals surface area contributed by atoms with Crippen molar-refractivity contribution in [2.45, 2.75) is 25.8 Å². The summed E-state index contributed by atoms with van der Waals surface area (Å²) in [6.45, 7) is 4.78. The van der Waals surface area contributed by atoms with Crippen LogP contribution in [-0.2, 0) is 0 Å². The van der Waals surface area contributed by atoms with E-state index in [1.54, 1.807) is 11.3 Å². The van der Waals surface area contributed by atoms with Crippen molar-refractivity contribution < 1.29 is 18.7 Å². The Hall–Kier alpha value is -2.71. The van der Waals surface area contributed by atoms with E-state index in [1.165, 1.54) is 0 Å². The maximum Gasteiger partial charge on any atom is 0.257 e. The van der Waals surface area contributed by atoms with Crippen LogP contribution in [0.2, 0.25) is 0 Å². The molecule has 0 radical (unpaired) electrons. The van der Waals surface area contributed by atoms with Crippen molar-refractivity contribution in [1.29, 1.82) is 0 Å². The van der Waals surface area contributed by atoms with Crippen molar-refractivity contribution in [3.63, 3.8) is 0 Å². The van der Waals surface area contributed by atoms with Gasteiger partial charge in [-0.15, -0.1) is 21.5 Å². The lowest BCUT2D eigenvalue weighted by atomic mass is 9.88. The molecule has 1 saturated heterocycles. The van der Waals surface area contributed by atoms with E-state index in [2.05, 4.69) is 22.0 Å². The standard InChI is InChI=1S/C22H23N3O4S/c1-14(21-23-24-22(29-21)19-3-2-12-30-19)25-8-6-15(7-9-25)20(26)16-4-5-17-18(13-16)28-11-10-27-17/h2-5,12-15H,6-11H2,1H3/t14-/m1/s1. The first-order valence-electron chi connectivity index (χ1n) is 10.2. The fourth-order valence-corrected chi connectivity index (χ4v) is 4.68. The number of likely N-dealkylation sites (tertiary alicyclic amines) is 1. The van der Waals surface area contributed by atoms with Gasteiger partial charge in [0.15, 0.2) is 17.3 Å². The van der Waals surface area contributed by atoms with E-state index in [4.69, 9.17) is 13.9 Å². The minimum Gasteiger partial charge on any atom is -0.486 e. The second kappa shape index (κ2) is 8.20. The molecule has 5 rings (SSSR count). The lowest BCUT2D eigenvalue weighted by molar-refractivity contribution is 0.0781. The van der Waals surface area contributed by atoms with Gasteiger partial charge in [0.2, 0.25) is 5.89 Å². The molecule has 0 bridgehead atoms. The third kappa shape index (κ3) is 3.73. The fraction of sp³-hybridized carbons (Fsp3) is 0.409. The number of piperidine rings is 1. The molecule has 3 aromatic rings. The third-order valence-electron chi connectivity index (χ3n) is 5.80. The van der Waals surface area contributed by atoms with Gasteiger partial charge in [-0.25, -0.2) is 0 Å². The zero-order chi connectivity index (χ0) is 20.5. The number of rotatable bonds is 5. The zero-order valence-electron chi connectivity index (χ0n) is 16.7. The minimum absolute atomic E-state index is 0.0142. The van der Waals surface area contributed by atoms with Crippen molar-refractivity contribution in [2.24, 2.45) is 5.92 Å². The van der Waals surface area contributed by atoms with Gasteiger partial charge in [0, 0.05) is 11.5 Å². The summed E-state index contributed by atoms with van der Waals surface area (Å²) < 4.78 is 17.1. The Morgan fingerprint density at radius 2 is 1.93 bits per heavy atom. The quantitative estimate of drug-likeness (QED) is 0.566. The highest BCUT2D eigenvalue weighted by Crippen LogP contribution is 2.34. The predicted octanol–water partition coefficient (Wildman–Crippen LogP) is 4.23. The van der Waals surface area contributed by atoms with Gasteiger partial charge < -0.3 is 13.9 Å². The van der Waals surface area contributed by atoms with Crippen LogP contribution in [0.4, 0.5) is 0 Å². The summed E-state index contributed by atoms with van der Waals surface area (Å²) in [5.41, 5.74) is 0.697. The number of hydrogen-bond donors (Lipinski definition) is 0. The van der Waals surface area contributed by atoms with Crippen LogP contribution in [0, 0.1) is 5.92 Å². The Kier molecular flexibility index (Phi) is 5.26. The van der Waals surface area contributed by atoms with Crippen LogP contribution in [0.5, 0.6) is 11.5 Å². The lowest BCUT2D eigenvalue weighted by Gasteiger charge is -2.34. The first-order chi connectivity index (χ1) is 14.7. The molecule has 0 N–H and O–H groups in total. The van der Waals surface area contributed by atoms with Crippen LogP contribution < -0.4 is 9.47 Å². The van der Waals surface area contributed by atoms with Gasteiger partial charge in [0.25, 0.3) is 5.89 Å². The van der Waals surface area contributed by atoms with Crippen LogP contribution in [0.3, 0.4) is 0 Å². The van der Waals surface area contributed by atoms with Gasteiger partial charge in [-0.05, 0) is 62.5 Å². The molecule has 0 unspecified atom stereocenters. The van der Waals surface area contributed by atoms with E-state index in [9.17, 15) is 4.79 Å². The molecule has 0 saturated carbocycles. The number of nitrogens with zero attached hydrogens (tertiary/aromatic N) is 3. The molecule has 4 heterocycles. The maximum atomic E-state index is 13.0. The average molecular weight is 426 g/mol. The molecule has 1 fully saturated rings. The van der Waals surface area contributed by atoms with Crippen LogP contribution in [0.15, 0.2) is 40.1 Å². The Morgan fingerprint density at radius 1 is 1.13 bits per heavy atom. The van der Waals surface area contributed by atoms with Crippen molar-refractivity contribution in [2.75, 3.05) is 26.3 Å². The minimum atomic E-state index is 0.0142. The third-order valence-corrected chi connectivity index (χ3v) is 6.66. The first kappa shape index (κ1) is 19.3. The van der Waals surface area contributed by atoms with Gasteiger partial charge >= 0.3 is 0 Å². The molecule has 8 heteroatoms. The number of fused-ring (bicyclic) bond motifs is 1. The van der Waals surface area contributed by atoms with Crippen molar-refractivity contribution >= 4 is 17.1 Å². The number of benzene rings is 1. The zero-order valence-corrected chi connectivity index (χ0v) is 17.6. The molecular weight excluding hydrogens is 402 g/mol. The summed E-state index contributed by atoms with van der Waals surface area (Å²) in [7, 11) is 0. The van der Waals surface area contributed by atoms with Crippen LogP contribution >= 0.6 is 11.3 Å². The second-order valence-electron chi connectivity index (χ2n) is 7.63. The second-order valence-corrected chi connectivity index (χ2v) is 8.58. The van der Waals surface area contributed by atoms with Gasteiger partial charge in [-0.3, -0.25) is 9.69 Å². The lowest BCUT2D eigenvalue weighted by Crippen LogP contribution is -2.38. The molecule has 0 amide bonds. The topological polar surface area (TPSA) is 77.7 Å². The molecule has 156 valence electrons. The largest absolute Gasteiger partial charge is 0.486 e. The monoisotopic (exact) mass is 425 g/mol. The average Bonchev–Trinajstić information content (AvgIpc) is 3.50. The molecule has 7 nitrogen and oxygen atoms in total. The number of aromatic nitrogens is 2. The van der Waals surface area contributed by atoms with Gasteiger partial charge in [0.05, 0.1) is 10.9 Å². The van der Waals surface area contributed by atoms with Gasteiger partial charge in [0.1, 0.15) is 13.2 Å². The first-order valence-corrected chi connectivity index (χ1v) is 11.1. The van der Waals surface area contributed by atoms with Crippen LogP contribution in [0.1, 0.15) is 42.1 Å². The molecule has 2 aromatic heterocycles. The number of Topliss-reactive ketones (excluding diaryl/α,β-unsaturated/α-hetero) is 1. The highest BCUT2D eigenvalue weighted by atomic mass is 32.1. The van der Waals surface area contributed by atoms with E-state index in [1.807, 2.05) is 35.7 Å². The molecule has 1 aromatic carbocycles. The number of ether oxygens (including phenoxy) is 2. The molecule has 0 spiro atoms. The fourth-order valence-electron chi connectivity index (χ4n) is 4.04. The van der Waals surface area contributed by atoms with Gasteiger partial charge in [-0.2, -0.15) is 0 Å². The summed E-state index contributed by atoms with van der Waals surface area (Å²) >= 11 is 1.58. The summed E-state index contributed by atoms with van der Waals surface area (Å²) in [4.78, 5) is 16.3. The predicted molar refractivity (Wildman–Crippen MR) is 112 cm³/mol. The molecule has 30 heavy (non-hydrogen) atoms. The summed E-state index contributed by atoms with van der Waals surface area (Å²) in [5.74, 6) is 2.75. The Labute approximate surface area is 178 Å². The normalized spacial score (nSPS) is 18.3. The van der Waals surface area contributed by atoms with Crippen molar-refractivity contribution in [3.05, 3.63) is 47.2 Å². The van der Waals surface area contributed by atoms with Gasteiger partial charge in [-0.1, -0.05) is 6.07 Å². The molecule has 0 aliphatic carbocycles. The Balaban J connectivity index is 1.21. The van der Waals surface area contributed by atoms with Crippen molar-refractivity contribution in [3.8, 4) is 22.3 Å². The van der Waals surface area contributed by atoms with Crippen LogP contribution in [-0.4, -0.2) is 47.2 Å². The molecular formula is C22H23N3O4S. The SMILES string of the molecule is C[C@H](c1nnc(-c2cccs2)o1)N1CCC(C(=O)c2ccc3c(c2)OCCO3)CC1. The van der Waals surface area contributed by atoms with E-state index in [0.717, 1.165) is 30.8 Å².